The molecule has 0 fully saturated rings. The topological polar surface area (TPSA) is 12.0 Å². The molecule has 10 heavy (non-hydrogen) atoms. The average molecular weight is 157 g/mol. The van der Waals surface area contributed by atoms with Crippen molar-refractivity contribution < 1.29 is 1.43 Å². The van der Waals surface area contributed by atoms with Gasteiger partial charge in [0.05, 0.1) is 5.03 Å². The molecule has 1 N–H and O–H groups in total. The minimum atomic E-state index is 0. The van der Waals surface area contributed by atoms with E-state index < -0.39 is 0 Å². The van der Waals surface area contributed by atoms with Gasteiger partial charge in [0.25, 0.3) is 0 Å². The molecular weight excluding hydrogens is 142 g/mol. The maximum absolute atomic E-state index is 3.85. The first-order chi connectivity index (χ1) is 4.74. The first-order valence-electron chi connectivity index (χ1n) is 3.57. The van der Waals surface area contributed by atoms with Crippen molar-refractivity contribution in [2.24, 2.45) is 0 Å². The van der Waals surface area contributed by atoms with Crippen LogP contribution in [0.4, 0.5) is 0 Å². The van der Waals surface area contributed by atoms with Crippen LogP contribution < -0.4 is 5.32 Å². The Morgan fingerprint density at radius 1 is 1.70 bits per heavy atom. The fraction of sp³-hybridized carbons (Fsp3) is 0.500. The van der Waals surface area contributed by atoms with E-state index in [0.717, 1.165) is 5.03 Å². The highest BCUT2D eigenvalue weighted by Gasteiger charge is 2.12. The molecule has 0 aromatic carbocycles. The summed E-state index contributed by atoms with van der Waals surface area (Å²) in [5.41, 5.74) is 1.29. The molecular formula is C8H15NS. The molecule has 0 aromatic rings. The van der Waals surface area contributed by atoms with E-state index in [1.807, 2.05) is 0 Å². The SMILES string of the molecule is C=C1NC(C)=C(CCC)S1.[HH]. The second-order valence-corrected chi connectivity index (χ2v) is 3.64. The Hall–Kier alpha value is -0.370. The summed E-state index contributed by atoms with van der Waals surface area (Å²) < 4.78 is 0. The second kappa shape index (κ2) is 3.15. The van der Waals surface area contributed by atoms with Crippen molar-refractivity contribution in [3.8, 4) is 0 Å². The van der Waals surface area contributed by atoms with Crippen LogP contribution in [0.3, 0.4) is 0 Å². The molecule has 1 aliphatic heterocycles. The maximum atomic E-state index is 3.85. The fourth-order valence-electron chi connectivity index (χ4n) is 0.995. The Labute approximate surface area is 68.1 Å². The lowest BCUT2D eigenvalue weighted by molar-refractivity contribution is 0.921. The molecule has 1 aliphatic rings. The largest absolute Gasteiger partial charge is 0.353 e. The zero-order valence-electron chi connectivity index (χ0n) is 6.53. The van der Waals surface area contributed by atoms with Crippen LogP contribution in [0, 0.1) is 0 Å². The molecule has 0 spiro atoms. The van der Waals surface area contributed by atoms with Gasteiger partial charge in [0.1, 0.15) is 0 Å². The van der Waals surface area contributed by atoms with Crippen molar-refractivity contribution in [1.29, 1.82) is 0 Å². The van der Waals surface area contributed by atoms with Crippen LogP contribution >= 0.6 is 11.8 Å². The quantitative estimate of drug-likeness (QED) is 0.661. The molecule has 1 heterocycles. The summed E-state index contributed by atoms with van der Waals surface area (Å²) in [6.07, 6.45) is 2.40. The van der Waals surface area contributed by atoms with E-state index in [9.17, 15) is 0 Å². The van der Waals surface area contributed by atoms with Gasteiger partial charge >= 0.3 is 0 Å². The molecule has 0 bridgehead atoms. The third-order valence-electron chi connectivity index (χ3n) is 1.47. The molecule has 0 atom stereocenters. The number of hydrogen-bond donors (Lipinski definition) is 1. The third kappa shape index (κ3) is 1.57. The summed E-state index contributed by atoms with van der Waals surface area (Å²) in [4.78, 5) is 1.45. The average Bonchev–Trinajstić information content (AvgIpc) is 2.13. The van der Waals surface area contributed by atoms with Gasteiger partial charge in [-0.1, -0.05) is 31.7 Å². The van der Waals surface area contributed by atoms with Crippen molar-refractivity contribution in [3.63, 3.8) is 0 Å². The number of allylic oxidation sites excluding steroid dienone is 2. The highest BCUT2D eigenvalue weighted by atomic mass is 32.2. The highest BCUT2D eigenvalue weighted by molar-refractivity contribution is 8.06. The van der Waals surface area contributed by atoms with Crippen LogP contribution in [0.2, 0.25) is 0 Å². The van der Waals surface area contributed by atoms with Gasteiger partial charge in [-0.3, -0.25) is 0 Å². The summed E-state index contributed by atoms with van der Waals surface area (Å²) in [6.45, 7) is 8.15. The minimum absolute atomic E-state index is 0. The van der Waals surface area contributed by atoms with E-state index in [1.54, 1.807) is 11.8 Å². The lowest BCUT2D eigenvalue weighted by atomic mass is 10.3. The Balaban J connectivity index is 0.000001000. The minimum Gasteiger partial charge on any atom is -0.353 e. The Kier molecular flexibility index (Phi) is 2.44. The second-order valence-electron chi connectivity index (χ2n) is 2.45. The predicted molar refractivity (Wildman–Crippen MR) is 49.6 cm³/mol. The van der Waals surface area contributed by atoms with Gasteiger partial charge in [-0.25, -0.2) is 0 Å². The monoisotopic (exact) mass is 157 g/mol. The molecule has 58 valence electrons. The van der Waals surface area contributed by atoms with Crippen LogP contribution in [-0.4, -0.2) is 0 Å². The maximum Gasteiger partial charge on any atom is 0.0695 e. The van der Waals surface area contributed by atoms with Gasteiger partial charge in [0, 0.05) is 12.0 Å². The Bertz CT molecular complexity index is 187. The third-order valence-corrected chi connectivity index (χ3v) is 2.57. The number of hydrogen-bond acceptors (Lipinski definition) is 2. The zero-order valence-corrected chi connectivity index (χ0v) is 7.35. The van der Waals surface area contributed by atoms with Crippen LogP contribution in [-0.2, 0) is 0 Å². The van der Waals surface area contributed by atoms with Gasteiger partial charge in [-0.15, -0.1) is 0 Å². The van der Waals surface area contributed by atoms with E-state index in [-0.39, 0.29) is 1.43 Å². The zero-order chi connectivity index (χ0) is 7.56. The van der Waals surface area contributed by atoms with Crippen molar-refractivity contribution >= 4 is 11.8 Å². The first kappa shape index (κ1) is 7.73. The Morgan fingerprint density at radius 3 is 2.80 bits per heavy atom. The van der Waals surface area contributed by atoms with Gasteiger partial charge < -0.3 is 5.32 Å². The van der Waals surface area contributed by atoms with Crippen LogP contribution in [0.25, 0.3) is 0 Å². The summed E-state index contributed by atoms with van der Waals surface area (Å²) in [6, 6.07) is 0. The molecule has 0 saturated heterocycles. The van der Waals surface area contributed by atoms with E-state index in [4.69, 9.17) is 0 Å². The molecule has 2 heteroatoms. The van der Waals surface area contributed by atoms with Crippen molar-refractivity contribution in [2.75, 3.05) is 0 Å². The predicted octanol–water partition coefficient (Wildman–Crippen LogP) is 3.07. The van der Waals surface area contributed by atoms with Gasteiger partial charge in [-0.2, -0.15) is 0 Å². The Morgan fingerprint density at radius 2 is 2.40 bits per heavy atom. The molecule has 0 amide bonds. The standard InChI is InChI=1S/C8H13NS.H2/c1-4-5-8-6(2)9-7(3)10-8;/h9H,3-5H2,1-2H3;1H. The number of thioether (sulfide) groups is 1. The molecule has 1 nitrogen and oxygen atoms in total. The van der Waals surface area contributed by atoms with Crippen molar-refractivity contribution in [2.45, 2.75) is 26.7 Å². The van der Waals surface area contributed by atoms with Crippen LogP contribution in [0.5, 0.6) is 0 Å². The first-order valence-corrected chi connectivity index (χ1v) is 4.39. The smallest absolute Gasteiger partial charge is 0.0695 e. The summed E-state index contributed by atoms with van der Waals surface area (Å²) in [5.74, 6) is 0. The molecule has 0 unspecified atom stereocenters. The van der Waals surface area contributed by atoms with E-state index >= 15 is 0 Å². The normalized spacial score (nSPS) is 18.0. The van der Waals surface area contributed by atoms with E-state index in [0.29, 0.717) is 0 Å². The van der Waals surface area contributed by atoms with Gasteiger partial charge in [0.2, 0.25) is 0 Å². The molecule has 0 aliphatic carbocycles. The molecule has 0 saturated carbocycles. The van der Waals surface area contributed by atoms with E-state index in [2.05, 4.69) is 25.7 Å². The summed E-state index contributed by atoms with van der Waals surface area (Å²) >= 11 is 1.77. The molecule has 1 rings (SSSR count). The van der Waals surface area contributed by atoms with Gasteiger partial charge in [-0.05, 0) is 13.3 Å². The molecule has 0 radical (unpaired) electrons. The van der Waals surface area contributed by atoms with Crippen LogP contribution in [0.1, 0.15) is 28.1 Å². The van der Waals surface area contributed by atoms with Gasteiger partial charge in [0.15, 0.2) is 0 Å². The summed E-state index contributed by atoms with van der Waals surface area (Å²) in [5, 5.41) is 4.27. The summed E-state index contributed by atoms with van der Waals surface area (Å²) in [7, 11) is 0. The van der Waals surface area contributed by atoms with Crippen molar-refractivity contribution in [1.82, 2.24) is 5.32 Å². The molecule has 0 aromatic heterocycles. The highest BCUT2D eigenvalue weighted by Crippen LogP contribution is 2.34. The number of rotatable bonds is 2. The lowest BCUT2D eigenvalue weighted by Gasteiger charge is -1.95. The van der Waals surface area contributed by atoms with E-state index in [1.165, 1.54) is 23.4 Å². The van der Waals surface area contributed by atoms with Crippen molar-refractivity contribution in [3.05, 3.63) is 22.2 Å². The number of nitrogens with one attached hydrogen (secondary N) is 1. The van der Waals surface area contributed by atoms with Crippen LogP contribution in [0.15, 0.2) is 22.2 Å². The lowest BCUT2D eigenvalue weighted by Crippen LogP contribution is -1.99. The fourth-order valence-corrected chi connectivity index (χ4v) is 2.01.